The Balaban J connectivity index is 1.71. The highest BCUT2D eigenvalue weighted by atomic mass is 16.5. The summed E-state index contributed by atoms with van der Waals surface area (Å²) in [7, 11) is 1.53. The van der Waals surface area contributed by atoms with Crippen molar-refractivity contribution in [2.24, 2.45) is 0 Å². The van der Waals surface area contributed by atoms with Crippen molar-refractivity contribution in [1.82, 2.24) is 9.78 Å². The number of nitrogens with zero attached hydrogens (tertiary/aromatic N) is 2. The Bertz CT molecular complexity index is 1200. The van der Waals surface area contributed by atoms with Crippen LogP contribution in [-0.4, -0.2) is 28.7 Å². The summed E-state index contributed by atoms with van der Waals surface area (Å²) in [6.07, 6.45) is 1.43. The predicted octanol–water partition coefficient (Wildman–Crippen LogP) is 4.39. The van der Waals surface area contributed by atoms with Crippen LogP contribution in [0, 0.1) is 0 Å². The highest BCUT2D eigenvalue weighted by molar-refractivity contribution is 6.12. The number of rotatable bonds is 6. The molecule has 0 saturated heterocycles. The standard InChI is InChI=1S/C24H20N4O3/c1-31-21-15-9-8-14-20(21)26-24(30)19-16-25-28(18-12-6-3-7-13-18)22(19)27-23(29)17-10-4-2-5-11-17/h2-16H,1H3,(H,26,30)(H,27,29). The molecular weight excluding hydrogens is 392 g/mol. The fourth-order valence-electron chi connectivity index (χ4n) is 3.11. The molecule has 2 N–H and O–H groups in total. The first-order valence-corrected chi connectivity index (χ1v) is 9.61. The van der Waals surface area contributed by atoms with Crippen molar-refractivity contribution < 1.29 is 14.3 Å². The summed E-state index contributed by atoms with van der Waals surface area (Å²) in [6.45, 7) is 0. The molecule has 4 aromatic rings. The van der Waals surface area contributed by atoms with Gasteiger partial charge in [0, 0.05) is 5.56 Å². The number of carbonyl (C=O) groups excluding carboxylic acids is 2. The zero-order valence-corrected chi connectivity index (χ0v) is 16.8. The van der Waals surface area contributed by atoms with Gasteiger partial charge in [-0.2, -0.15) is 5.10 Å². The lowest BCUT2D eigenvalue weighted by Gasteiger charge is -2.13. The first kappa shape index (κ1) is 19.9. The van der Waals surface area contributed by atoms with Crippen LogP contribution >= 0.6 is 0 Å². The quantitative estimate of drug-likeness (QED) is 0.492. The minimum Gasteiger partial charge on any atom is -0.495 e. The van der Waals surface area contributed by atoms with Crippen LogP contribution < -0.4 is 15.4 Å². The number of hydrogen-bond donors (Lipinski definition) is 2. The summed E-state index contributed by atoms with van der Waals surface area (Å²) in [4.78, 5) is 25.9. The predicted molar refractivity (Wildman–Crippen MR) is 119 cm³/mol. The van der Waals surface area contributed by atoms with Crippen LogP contribution in [0.3, 0.4) is 0 Å². The Hall–Kier alpha value is -4.39. The molecular formula is C24H20N4O3. The fraction of sp³-hybridized carbons (Fsp3) is 0.0417. The van der Waals surface area contributed by atoms with Gasteiger partial charge in [0.05, 0.1) is 24.7 Å². The minimum absolute atomic E-state index is 0.221. The number of carbonyl (C=O) groups is 2. The molecule has 4 rings (SSSR count). The molecule has 7 heteroatoms. The van der Waals surface area contributed by atoms with Gasteiger partial charge in [0.2, 0.25) is 0 Å². The average molecular weight is 412 g/mol. The number of benzene rings is 3. The number of nitrogens with one attached hydrogen (secondary N) is 2. The van der Waals surface area contributed by atoms with Crippen molar-refractivity contribution in [3.05, 3.63) is 102 Å². The van der Waals surface area contributed by atoms with Gasteiger partial charge in [0.15, 0.2) is 0 Å². The molecule has 1 heterocycles. The highest BCUT2D eigenvalue weighted by Gasteiger charge is 2.22. The van der Waals surface area contributed by atoms with E-state index in [1.807, 2.05) is 42.5 Å². The van der Waals surface area contributed by atoms with E-state index in [2.05, 4.69) is 15.7 Å². The zero-order chi connectivity index (χ0) is 21.6. The van der Waals surface area contributed by atoms with E-state index in [4.69, 9.17) is 4.74 Å². The fourth-order valence-corrected chi connectivity index (χ4v) is 3.11. The molecule has 0 fully saturated rings. The van der Waals surface area contributed by atoms with Crippen LogP contribution in [0.4, 0.5) is 11.5 Å². The third-order valence-electron chi connectivity index (χ3n) is 4.64. The lowest BCUT2D eigenvalue weighted by atomic mass is 10.2. The monoisotopic (exact) mass is 412 g/mol. The Morgan fingerprint density at radius 3 is 2.16 bits per heavy atom. The smallest absolute Gasteiger partial charge is 0.261 e. The summed E-state index contributed by atoms with van der Waals surface area (Å²) in [5, 5.41) is 10.0. The first-order chi connectivity index (χ1) is 15.2. The van der Waals surface area contributed by atoms with Crippen LogP contribution in [-0.2, 0) is 0 Å². The Morgan fingerprint density at radius 2 is 1.45 bits per heavy atom. The molecule has 2 amide bonds. The van der Waals surface area contributed by atoms with Crippen LogP contribution in [0.25, 0.3) is 5.69 Å². The minimum atomic E-state index is -0.421. The number of para-hydroxylation sites is 3. The number of methoxy groups -OCH3 is 1. The van der Waals surface area contributed by atoms with Crippen molar-refractivity contribution >= 4 is 23.3 Å². The van der Waals surface area contributed by atoms with Crippen molar-refractivity contribution in [3.63, 3.8) is 0 Å². The van der Waals surface area contributed by atoms with Crippen molar-refractivity contribution in [1.29, 1.82) is 0 Å². The van der Waals surface area contributed by atoms with Crippen LogP contribution in [0.15, 0.2) is 91.1 Å². The molecule has 0 aliphatic carbocycles. The summed E-state index contributed by atoms with van der Waals surface area (Å²) < 4.78 is 6.83. The molecule has 0 unspecified atom stereocenters. The molecule has 7 nitrogen and oxygen atoms in total. The maximum absolute atomic E-state index is 13.1. The van der Waals surface area contributed by atoms with Crippen LogP contribution in [0.5, 0.6) is 5.75 Å². The molecule has 0 aliphatic rings. The van der Waals surface area contributed by atoms with E-state index < -0.39 is 5.91 Å². The SMILES string of the molecule is COc1ccccc1NC(=O)c1cnn(-c2ccccc2)c1NC(=O)c1ccccc1. The lowest BCUT2D eigenvalue weighted by Crippen LogP contribution is -2.19. The maximum atomic E-state index is 13.1. The molecule has 0 spiro atoms. The first-order valence-electron chi connectivity index (χ1n) is 9.61. The van der Waals surface area contributed by atoms with E-state index in [9.17, 15) is 9.59 Å². The van der Waals surface area contributed by atoms with Gasteiger partial charge in [0.1, 0.15) is 17.1 Å². The second-order valence-corrected chi connectivity index (χ2v) is 6.63. The van der Waals surface area contributed by atoms with Gasteiger partial charge < -0.3 is 15.4 Å². The third kappa shape index (κ3) is 4.30. The summed E-state index contributed by atoms with van der Waals surface area (Å²) >= 11 is 0. The van der Waals surface area contributed by atoms with E-state index in [1.54, 1.807) is 42.5 Å². The highest BCUT2D eigenvalue weighted by Crippen LogP contribution is 2.26. The van der Waals surface area contributed by atoms with Crippen molar-refractivity contribution in [3.8, 4) is 11.4 Å². The number of hydrogen-bond acceptors (Lipinski definition) is 4. The number of amides is 2. The number of ether oxygens (including phenoxy) is 1. The molecule has 0 bridgehead atoms. The Kier molecular flexibility index (Phi) is 5.75. The van der Waals surface area contributed by atoms with E-state index in [-0.39, 0.29) is 17.3 Å². The van der Waals surface area contributed by atoms with Gasteiger partial charge in [-0.05, 0) is 36.4 Å². The second-order valence-electron chi connectivity index (χ2n) is 6.63. The maximum Gasteiger partial charge on any atom is 0.261 e. The van der Waals surface area contributed by atoms with E-state index >= 15 is 0 Å². The Morgan fingerprint density at radius 1 is 0.806 bits per heavy atom. The summed E-state index contributed by atoms with van der Waals surface area (Å²) in [5.41, 5.74) is 1.92. The summed E-state index contributed by atoms with van der Waals surface area (Å²) in [6, 6.07) is 25.2. The molecule has 3 aromatic carbocycles. The van der Waals surface area contributed by atoms with Crippen molar-refractivity contribution in [2.75, 3.05) is 17.7 Å². The van der Waals surface area contributed by atoms with Gasteiger partial charge in [0.25, 0.3) is 11.8 Å². The Labute approximate surface area is 179 Å². The van der Waals surface area contributed by atoms with Gasteiger partial charge in [-0.25, -0.2) is 4.68 Å². The molecule has 0 atom stereocenters. The molecule has 0 radical (unpaired) electrons. The van der Waals surface area contributed by atoms with Gasteiger partial charge in [-0.1, -0.05) is 48.5 Å². The molecule has 0 aliphatic heterocycles. The second kappa shape index (κ2) is 8.96. The molecule has 154 valence electrons. The average Bonchev–Trinajstić information content (AvgIpc) is 3.24. The normalized spacial score (nSPS) is 10.4. The largest absolute Gasteiger partial charge is 0.495 e. The number of aromatic nitrogens is 2. The zero-order valence-electron chi connectivity index (χ0n) is 16.8. The van der Waals surface area contributed by atoms with Crippen LogP contribution in [0.1, 0.15) is 20.7 Å². The third-order valence-corrected chi connectivity index (χ3v) is 4.64. The van der Waals surface area contributed by atoms with Crippen LogP contribution in [0.2, 0.25) is 0 Å². The molecule has 0 saturated carbocycles. The molecule has 31 heavy (non-hydrogen) atoms. The van der Waals surface area contributed by atoms with Crippen molar-refractivity contribution in [2.45, 2.75) is 0 Å². The van der Waals surface area contributed by atoms with E-state index in [1.165, 1.54) is 18.0 Å². The molecule has 1 aromatic heterocycles. The van der Waals surface area contributed by atoms with E-state index in [0.29, 0.717) is 22.7 Å². The summed E-state index contributed by atoms with van der Waals surface area (Å²) in [5.74, 6) is 0.0355. The van der Waals surface area contributed by atoms with E-state index in [0.717, 1.165) is 0 Å². The van der Waals surface area contributed by atoms with Gasteiger partial charge in [-0.3, -0.25) is 9.59 Å². The lowest BCUT2D eigenvalue weighted by molar-refractivity contribution is 0.102. The topological polar surface area (TPSA) is 85.2 Å². The van der Waals surface area contributed by atoms with Gasteiger partial charge in [-0.15, -0.1) is 0 Å². The number of anilines is 2. The van der Waals surface area contributed by atoms with Gasteiger partial charge >= 0.3 is 0 Å².